The van der Waals surface area contributed by atoms with E-state index in [1.165, 1.54) is 35.9 Å². The number of hydrogen-bond donors (Lipinski definition) is 2. The molecule has 0 aromatic heterocycles. The van der Waals surface area contributed by atoms with Crippen molar-refractivity contribution in [2.45, 2.75) is 63.1 Å². The van der Waals surface area contributed by atoms with Crippen LogP contribution >= 0.6 is 23.2 Å². The van der Waals surface area contributed by atoms with Crippen LogP contribution in [0.25, 0.3) is 0 Å². The van der Waals surface area contributed by atoms with Crippen LogP contribution in [-0.4, -0.2) is 41.1 Å². The summed E-state index contributed by atoms with van der Waals surface area (Å²) < 4.78 is 31.4. The van der Waals surface area contributed by atoms with Crippen molar-refractivity contribution >= 4 is 29.2 Å². The maximum absolute atomic E-state index is 15.8. The van der Waals surface area contributed by atoms with Crippen LogP contribution in [0.4, 0.5) is 8.78 Å². The Morgan fingerprint density at radius 3 is 2.42 bits per heavy atom. The van der Waals surface area contributed by atoms with Crippen molar-refractivity contribution in [3.8, 4) is 6.07 Å². The third kappa shape index (κ3) is 6.04. The summed E-state index contributed by atoms with van der Waals surface area (Å²) >= 11 is 12.2. The number of carboxylic acid groups (broad SMARTS) is 1. The summed E-state index contributed by atoms with van der Waals surface area (Å²) in [6.45, 7) is 6.93. The van der Waals surface area contributed by atoms with Crippen LogP contribution in [0.15, 0.2) is 66.7 Å². The molecule has 9 heteroatoms. The van der Waals surface area contributed by atoms with E-state index >= 15 is 8.78 Å². The van der Waals surface area contributed by atoms with Crippen molar-refractivity contribution < 1.29 is 18.7 Å². The van der Waals surface area contributed by atoms with E-state index in [9.17, 15) is 15.2 Å². The quantitative estimate of drug-likeness (QED) is 0.270. The van der Waals surface area contributed by atoms with Gasteiger partial charge in [-0.3, -0.25) is 15.0 Å². The molecule has 0 saturated carbocycles. The fourth-order valence-electron chi connectivity index (χ4n) is 7.34. The molecule has 0 unspecified atom stereocenters. The van der Waals surface area contributed by atoms with Crippen molar-refractivity contribution in [1.82, 2.24) is 10.2 Å². The fourth-order valence-corrected chi connectivity index (χ4v) is 7.68. The average molecular weight is 627 g/mol. The molecule has 3 aromatic rings. The van der Waals surface area contributed by atoms with Gasteiger partial charge in [-0.1, -0.05) is 85.6 Å². The minimum absolute atomic E-state index is 0.0153. The molecule has 2 aliphatic rings. The number of piperidine rings is 1. The molecule has 0 aliphatic carbocycles. The van der Waals surface area contributed by atoms with E-state index in [-0.39, 0.29) is 32.5 Å². The van der Waals surface area contributed by atoms with E-state index in [2.05, 4.69) is 42.3 Å². The van der Waals surface area contributed by atoms with Gasteiger partial charge in [0.15, 0.2) is 0 Å². The molecule has 4 atom stereocenters. The second-order valence-electron chi connectivity index (χ2n) is 12.5. The number of hydrogen-bond acceptors (Lipinski definition) is 4. The van der Waals surface area contributed by atoms with Gasteiger partial charge in [0.05, 0.1) is 11.1 Å². The molecule has 5 rings (SSSR count). The van der Waals surface area contributed by atoms with E-state index < -0.39 is 41.0 Å². The summed E-state index contributed by atoms with van der Waals surface area (Å²) in [6.07, 6.45) is 2.22. The lowest BCUT2D eigenvalue weighted by atomic mass is 9.60. The van der Waals surface area contributed by atoms with Gasteiger partial charge in [-0.2, -0.15) is 5.26 Å². The van der Waals surface area contributed by atoms with Gasteiger partial charge in [-0.25, -0.2) is 8.78 Å². The zero-order chi connectivity index (χ0) is 30.9. The second-order valence-corrected chi connectivity index (χ2v) is 13.3. The molecule has 0 spiro atoms. The number of aliphatic carboxylic acids is 1. The van der Waals surface area contributed by atoms with Gasteiger partial charge in [0, 0.05) is 29.1 Å². The van der Waals surface area contributed by atoms with E-state index in [4.69, 9.17) is 23.2 Å². The first-order chi connectivity index (χ1) is 20.5. The van der Waals surface area contributed by atoms with Crippen molar-refractivity contribution in [2.75, 3.05) is 13.1 Å². The van der Waals surface area contributed by atoms with Crippen molar-refractivity contribution in [3.05, 3.63) is 105 Å². The highest BCUT2D eigenvalue weighted by molar-refractivity contribution is 6.31. The Balaban J connectivity index is 1.51. The van der Waals surface area contributed by atoms with Crippen LogP contribution in [0.1, 0.15) is 55.7 Å². The number of nitrogens with zero attached hydrogens (tertiary/aromatic N) is 2. The Labute approximate surface area is 261 Å². The third-order valence-corrected chi connectivity index (χ3v) is 10.1. The van der Waals surface area contributed by atoms with Crippen LogP contribution in [0.2, 0.25) is 10.0 Å². The number of nitrogens with one attached hydrogen (secondary N) is 1. The Bertz CT molecular complexity index is 1520. The number of halogens is 4. The highest BCUT2D eigenvalue weighted by Gasteiger charge is 2.61. The van der Waals surface area contributed by atoms with Crippen LogP contribution in [0.3, 0.4) is 0 Å². The molecule has 0 amide bonds. The first-order valence-corrected chi connectivity index (χ1v) is 15.3. The molecule has 2 heterocycles. The minimum atomic E-state index is -1.77. The molecule has 2 aliphatic heterocycles. The van der Waals surface area contributed by atoms with Gasteiger partial charge in [0.2, 0.25) is 0 Å². The first-order valence-electron chi connectivity index (χ1n) is 14.5. The molecule has 226 valence electrons. The Hall–Kier alpha value is -3.02. The van der Waals surface area contributed by atoms with Gasteiger partial charge in [0.1, 0.15) is 23.1 Å². The molecule has 43 heavy (non-hydrogen) atoms. The van der Waals surface area contributed by atoms with Crippen LogP contribution < -0.4 is 5.32 Å². The van der Waals surface area contributed by atoms with E-state index in [1.54, 1.807) is 0 Å². The number of benzene rings is 3. The minimum Gasteiger partial charge on any atom is -0.480 e. The summed E-state index contributed by atoms with van der Waals surface area (Å²) in [7, 11) is 0. The topological polar surface area (TPSA) is 76.4 Å². The average Bonchev–Trinajstić information content (AvgIpc) is 3.29. The second kappa shape index (κ2) is 12.5. The Morgan fingerprint density at radius 1 is 1.09 bits per heavy atom. The van der Waals surface area contributed by atoms with E-state index in [0.717, 1.165) is 38.5 Å². The van der Waals surface area contributed by atoms with E-state index in [0.29, 0.717) is 6.42 Å². The number of carbonyl (C=O) groups is 1. The number of likely N-dealkylation sites (tertiary alicyclic amines) is 1. The number of nitriles is 1. The largest absolute Gasteiger partial charge is 0.480 e. The lowest BCUT2D eigenvalue weighted by Crippen LogP contribution is -2.47. The van der Waals surface area contributed by atoms with Gasteiger partial charge >= 0.3 is 5.97 Å². The normalized spacial score (nSPS) is 25.0. The third-order valence-electron chi connectivity index (χ3n) is 9.57. The molecule has 2 fully saturated rings. The van der Waals surface area contributed by atoms with Crippen molar-refractivity contribution in [2.24, 2.45) is 11.3 Å². The van der Waals surface area contributed by atoms with Crippen LogP contribution in [-0.2, 0) is 16.8 Å². The van der Waals surface area contributed by atoms with Crippen molar-refractivity contribution in [1.29, 1.82) is 5.26 Å². The summed E-state index contributed by atoms with van der Waals surface area (Å²) in [4.78, 5) is 15.1. The monoisotopic (exact) mass is 625 g/mol. The van der Waals surface area contributed by atoms with Crippen LogP contribution in [0.5, 0.6) is 0 Å². The highest BCUT2D eigenvalue weighted by atomic mass is 35.5. The Kier molecular flexibility index (Phi) is 9.15. The van der Waals surface area contributed by atoms with E-state index in [1.807, 2.05) is 18.2 Å². The molecule has 0 radical (unpaired) electrons. The maximum atomic E-state index is 15.8. The number of rotatable bonds is 8. The number of carboxylic acids is 1. The molecule has 2 saturated heterocycles. The van der Waals surface area contributed by atoms with Crippen LogP contribution in [0, 0.1) is 34.3 Å². The van der Waals surface area contributed by atoms with Gasteiger partial charge < -0.3 is 5.11 Å². The molecular formula is C34H35Cl2F2N3O2. The predicted octanol–water partition coefficient (Wildman–Crippen LogP) is 7.57. The summed E-state index contributed by atoms with van der Waals surface area (Å²) in [5.41, 5.74) is -0.921. The molecule has 3 aromatic carbocycles. The zero-order valence-corrected chi connectivity index (χ0v) is 25.7. The Morgan fingerprint density at radius 2 is 1.79 bits per heavy atom. The van der Waals surface area contributed by atoms with Gasteiger partial charge in [-0.05, 0) is 73.0 Å². The molecule has 2 N–H and O–H groups in total. The lowest BCUT2D eigenvalue weighted by Gasteiger charge is -2.44. The first kappa shape index (κ1) is 31.4. The fraction of sp³-hybridized carbons (Fsp3) is 0.412. The van der Waals surface area contributed by atoms with Gasteiger partial charge in [0.25, 0.3) is 0 Å². The van der Waals surface area contributed by atoms with Gasteiger partial charge in [-0.15, -0.1) is 0 Å². The summed E-state index contributed by atoms with van der Waals surface area (Å²) in [6, 6.07) is 18.8. The van der Waals surface area contributed by atoms with Crippen molar-refractivity contribution in [3.63, 3.8) is 0 Å². The maximum Gasteiger partial charge on any atom is 0.321 e. The zero-order valence-electron chi connectivity index (χ0n) is 24.2. The molecule has 0 bridgehead atoms. The summed E-state index contributed by atoms with van der Waals surface area (Å²) in [5, 5.41) is 24.4. The highest BCUT2D eigenvalue weighted by Crippen LogP contribution is 2.54. The summed E-state index contributed by atoms with van der Waals surface area (Å²) in [5.74, 6) is -3.81. The standard InChI is InChI=1S/C34H35Cl2F2N3O2/c1-33(2,22-13-15-41(16-14-22)19-21-7-4-3-5-8-21)18-28-34(20-39,25-12-11-23(35)17-27(25)37)29(31(40-28)32(42)43)24-9-6-10-26(36)30(24)38/h3-12,17,22,28-29,31,40H,13-16,18-19H2,1-2H3,(H,42,43)/t28-,29-,31+,34-/m0/s1. The molecule has 5 nitrogen and oxygen atoms in total. The predicted molar refractivity (Wildman–Crippen MR) is 164 cm³/mol. The smallest absolute Gasteiger partial charge is 0.321 e. The SMILES string of the molecule is CC(C)(C[C@@H]1N[C@@H](C(=O)O)[C@H](c2cccc(Cl)c2F)[C@@]1(C#N)c1ccc(Cl)cc1F)C1CCN(Cc2ccccc2)CC1. The lowest BCUT2D eigenvalue weighted by molar-refractivity contribution is -0.139. The molecular weight excluding hydrogens is 591 g/mol.